The van der Waals surface area contributed by atoms with Crippen LogP contribution in [0, 0.1) is 25.2 Å². The van der Waals surface area contributed by atoms with Crippen LogP contribution in [0.2, 0.25) is 0 Å². The molecule has 0 spiro atoms. The number of ether oxygens (including phenoxy) is 1. The van der Waals surface area contributed by atoms with Crippen LogP contribution in [0.15, 0.2) is 29.1 Å². The lowest BCUT2D eigenvalue weighted by molar-refractivity contribution is 0.0478. The minimum atomic E-state index is -0.489. The molecule has 0 aliphatic carbocycles. The lowest BCUT2D eigenvalue weighted by Crippen LogP contribution is -2.10. The van der Waals surface area contributed by atoms with Crippen molar-refractivity contribution < 1.29 is 9.53 Å². The summed E-state index contributed by atoms with van der Waals surface area (Å²) in [5.74, 6) is 0.0168. The van der Waals surface area contributed by atoms with Crippen molar-refractivity contribution in [1.29, 1.82) is 5.26 Å². The molecule has 0 amide bonds. The molecule has 0 fully saturated rings. The maximum absolute atomic E-state index is 12.3. The fourth-order valence-corrected chi connectivity index (χ4v) is 3.46. The first-order valence-corrected chi connectivity index (χ1v) is 7.97. The Kier molecular flexibility index (Phi) is 4.15. The summed E-state index contributed by atoms with van der Waals surface area (Å²) >= 11 is 1.15. The van der Waals surface area contributed by atoms with Gasteiger partial charge in [-0.25, -0.2) is 9.78 Å². The van der Waals surface area contributed by atoms with Crippen molar-refractivity contribution in [1.82, 2.24) is 9.97 Å². The van der Waals surface area contributed by atoms with Gasteiger partial charge in [-0.05, 0) is 37.1 Å². The highest BCUT2D eigenvalue weighted by atomic mass is 32.1. The van der Waals surface area contributed by atoms with E-state index < -0.39 is 5.97 Å². The minimum absolute atomic E-state index is 0.0983. The number of benzene rings is 1. The number of nitrogens with zero attached hydrogens (tertiary/aromatic N) is 2. The zero-order chi connectivity index (χ0) is 17.3. The van der Waals surface area contributed by atoms with Gasteiger partial charge in [0, 0.05) is 0 Å². The number of hydrogen-bond donors (Lipinski definition) is 1. The first-order chi connectivity index (χ1) is 11.5. The van der Waals surface area contributed by atoms with Gasteiger partial charge in [0.2, 0.25) is 0 Å². The average molecular weight is 339 g/mol. The number of hydrogen-bond acceptors (Lipinski definition) is 6. The van der Waals surface area contributed by atoms with Gasteiger partial charge in [-0.15, -0.1) is 11.3 Å². The van der Waals surface area contributed by atoms with Crippen molar-refractivity contribution >= 4 is 27.5 Å². The van der Waals surface area contributed by atoms with Crippen LogP contribution in [0.4, 0.5) is 0 Å². The summed E-state index contributed by atoms with van der Waals surface area (Å²) in [4.78, 5) is 32.2. The highest BCUT2D eigenvalue weighted by molar-refractivity contribution is 7.20. The van der Waals surface area contributed by atoms with E-state index in [1.807, 2.05) is 6.07 Å². The Morgan fingerprint density at radius 1 is 1.33 bits per heavy atom. The molecule has 0 atom stereocenters. The van der Waals surface area contributed by atoms with Crippen molar-refractivity contribution in [3.8, 4) is 6.07 Å². The number of aryl methyl sites for hydroxylation is 2. The summed E-state index contributed by atoms with van der Waals surface area (Å²) in [7, 11) is 0. The number of H-pyrrole nitrogens is 1. The summed E-state index contributed by atoms with van der Waals surface area (Å²) < 4.78 is 5.32. The number of nitrogens with one attached hydrogen (secondary N) is 1. The fourth-order valence-electron chi connectivity index (χ4n) is 2.34. The third-order valence-electron chi connectivity index (χ3n) is 3.56. The van der Waals surface area contributed by atoms with Gasteiger partial charge in [0.1, 0.15) is 22.1 Å². The van der Waals surface area contributed by atoms with Crippen molar-refractivity contribution in [3.63, 3.8) is 0 Å². The van der Waals surface area contributed by atoms with Gasteiger partial charge in [0.25, 0.3) is 5.56 Å². The van der Waals surface area contributed by atoms with Gasteiger partial charge in [-0.2, -0.15) is 5.26 Å². The van der Waals surface area contributed by atoms with Crippen molar-refractivity contribution in [2.45, 2.75) is 20.5 Å². The van der Waals surface area contributed by atoms with Crippen molar-refractivity contribution in [3.05, 3.63) is 62.0 Å². The molecular formula is C17H13N3O3S. The maximum Gasteiger partial charge on any atom is 0.349 e. The molecule has 6 nitrogen and oxygen atoms in total. The Labute approximate surface area is 141 Å². The molecule has 0 unspecified atom stereocenters. The zero-order valence-electron chi connectivity index (χ0n) is 13.0. The van der Waals surface area contributed by atoms with Crippen LogP contribution in [-0.4, -0.2) is 15.9 Å². The van der Waals surface area contributed by atoms with Gasteiger partial charge in [-0.1, -0.05) is 12.1 Å². The van der Waals surface area contributed by atoms with Gasteiger partial charge in [-0.3, -0.25) is 4.79 Å². The van der Waals surface area contributed by atoms with Crippen LogP contribution in [0.1, 0.15) is 32.2 Å². The lowest BCUT2D eigenvalue weighted by atomic mass is 10.1. The molecule has 0 aliphatic rings. The van der Waals surface area contributed by atoms with Gasteiger partial charge < -0.3 is 9.72 Å². The van der Waals surface area contributed by atoms with E-state index >= 15 is 0 Å². The van der Waals surface area contributed by atoms with Crippen LogP contribution < -0.4 is 5.56 Å². The third kappa shape index (κ3) is 2.92. The number of aromatic amines is 1. The molecule has 0 aliphatic heterocycles. The fraction of sp³-hybridized carbons (Fsp3) is 0.176. The molecule has 1 aromatic carbocycles. The van der Waals surface area contributed by atoms with E-state index in [0.29, 0.717) is 32.0 Å². The highest BCUT2D eigenvalue weighted by Gasteiger charge is 2.20. The zero-order valence-corrected chi connectivity index (χ0v) is 13.9. The summed E-state index contributed by atoms with van der Waals surface area (Å²) in [6.45, 7) is 3.50. The SMILES string of the molecule is Cc1nc2sc(C(=O)OCc3ccc(C#N)cc3)c(C)c2c(=O)[nH]1. The number of rotatable bonds is 3. The molecule has 2 aromatic heterocycles. The Hall–Kier alpha value is -2.98. The van der Waals surface area contributed by atoms with Crippen molar-refractivity contribution in [2.24, 2.45) is 0 Å². The molecule has 0 radical (unpaired) electrons. The maximum atomic E-state index is 12.3. The number of esters is 1. The predicted octanol–water partition coefficient (Wildman–Crippen LogP) is 2.83. The summed E-state index contributed by atoms with van der Waals surface area (Å²) in [5.41, 5.74) is 1.66. The molecule has 24 heavy (non-hydrogen) atoms. The van der Waals surface area contributed by atoms with Gasteiger partial charge in [0.05, 0.1) is 17.0 Å². The third-order valence-corrected chi connectivity index (χ3v) is 4.72. The van der Waals surface area contributed by atoms with Gasteiger partial charge >= 0.3 is 5.97 Å². The number of carbonyl (C=O) groups is 1. The largest absolute Gasteiger partial charge is 0.457 e. The van der Waals surface area contributed by atoms with Crippen LogP contribution >= 0.6 is 11.3 Å². The second-order valence-corrected chi connectivity index (χ2v) is 6.27. The van der Waals surface area contributed by atoms with E-state index in [1.165, 1.54) is 0 Å². The van der Waals surface area contributed by atoms with Crippen LogP contribution in [0.3, 0.4) is 0 Å². The summed E-state index contributed by atoms with van der Waals surface area (Å²) in [6, 6.07) is 8.84. The monoisotopic (exact) mass is 339 g/mol. The van der Waals surface area contributed by atoms with E-state index in [9.17, 15) is 9.59 Å². The van der Waals surface area contributed by atoms with Crippen LogP contribution in [0.25, 0.3) is 10.2 Å². The Morgan fingerprint density at radius 2 is 2.04 bits per heavy atom. The molecule has 1 N–H and O–H groups in total. The van der Waals surface area contributed by atoms with Crippen LogP contribution in [-0.2, 0) is 11.3 Å². The van der Waals surface area contributed by atoms with E-state index in [-0.39, 0.29) is 12.2 Å². The smallest absolute Gasteiger partial charge is 0.349 e. The second-order valence-electron chi connectivity index (χ2n) is 5.27. The van der Waals surface area contributed by atoms with Crippen molar-refractivity contribution in [2.75, 3.05) is 0 Å². The normalized spacial score (nSPS) is 10.5. The Balaban J connectivity index is 1.83. The molecular weight excluding hydrogens is 326 g/mol. The summed E-state index contributed by atoms with van der Waals surface area (Å²) in [6.07, 6.45) is 0. The Bertz CT molecular complexity index is 1030. The molecule has 0 saturated heterocycles. The molecule has 120 valence electrons. The number of carbonyl (C=O) groups excluding carboxylic acids is 1. The topological polar surface area (TPSA) is 95.8 Å². The first-order valence-electron chi connectivity index (χ1n) is 7.16. The predicted molar refractivity (Wildman–Crippen MR) is 90.0 cm³/mol. The average Bonchev–Trinajstić information content (AvgIpc) is 2.90. The van der Waals surface area contributed by atoms with Gasteiger partial charge in [0.15, 0.2) is 0 Å². The number of thiophene rings is 1. The minimum Gasteiger partial charge on any atom is -0.457 e. The second kappa shape index (κ2) is 6.26. The molecule has 2 heterocycles. The van der Waals surface area contributed by atoms with E-state index in [0.717, 1.165) is 16.9 Å². The molecule has 3 aromatic rings. The quantitative estimate of drug-likeness (QED) is 0.740. The number of fused-ring (bicyclic) bond motifs is 1. The van der Waals surface area contributed by atoms with Crippen LogP contribution in [0.5, 0.6) is 0 Å². The van der Waals surface area contributed by atoms with E-state index in [4.69, 9.17) is 10.00 Å². The number of aromatic nitrogens is 2. The molecule has 0 saturated carbocycles. The first kappa shape index (κ1) is 15.9. The molecule has 7 heteroatoms. The molecule has 3 rings (SSSR count). The van der Waals surface area contributed by atoms with E-state index in [1.54, 1.807) is 38.1 Å². The highest BCUT2D eigenvalue weighted by Crippen LogP contribution is 2.27. The van der Waals surface area contributed by atoms with E-state index in [2.05, 4.69) is 9.97 Å². The Morgan fingerprint density at radius 3 is 2.71 bits per heavy atom. The lowest BCUT2D eigenvalue weighted by Gasteiger charge is -2.04. The molecule has 0 bridgehead atoms. The standard InChI is InChI=1S/C17H13N3O3S/c1-9-13-15(21)19-10(2)20-16(13)24-14(9)17(22)23-8-12-5-3-11(7-18)4-6-12/h3-6H,8H2,1-2H3,(H,19,20,21). The number of nitriles is 1. The summed E-state index contributed by atoms with van der Waals surface area (Å²) in [5, 5.41) is 9.20.